The molecule has 6 aromatic rings. The van der Waals surface area contributed by atoms with Gasteiger partial charge in [0.05, 0.1) is 123 Å². The lowest BCUT2D eigenvalue weighted by atomic mass is 9.93. The van der Waals surface area contributed by atoms with Gasteiger partial charge in [-0.25, -0.2) is 4.79 Å². The van der Waals surface area contributed by atoms with Crippen LogP contribution in [0.15, 0.2) is 12.3 Å². The van der Waals surface area contributed by atoms with Gasteiger partial charge in [0, 0.05) is 140 Å². The van der Waals surface area contributed by atoms with Gasteiger partial charge in [-0.15, -0.1) is 0 Å². The first-order chi connectivity index (χ1) is 51.5. The van der Waals surface area contributed by atoms with E-state index in [1.807, 2.05) is 0 Å². The molecule has 0 bridgehead atoms. The molecule has 108 heavy (non-hydrogen) atoms. The third kappa shape index (κ3) is 22.0. The molecule has 6 aromatic heterocycles. The van der Waals surface area contributed by atoms with Crippen molar-refractivity contribution in [2.75, 3.05) is 78.2 Å². The zero-order valence-electron chi connectivity index (χ0n) is 64.0. The number of aromatic amines is 6. The summed E-state index contributed by atoms with van der Waals surface area (Å²) in [7, 11) is 13.8. The van der Waals surface area contributed by atoms with E-state index in [-0.39, 0.29) is 166 Å². The molecule has 7 N–H and O–H groups in total. The van der Waals surface area contributed by atoms with E-state index in [4.69, 9.17) is 56.8 Å². The number of nitrogens with one attached hydrogen (secondary N) is 7. The molecule has 0 saturated heterocycles. The zero-order chi connectivity index (χ0) is 79.3. The molecular weight excluding hydrogens is 1410 g/mol. The van der Waals surface area contributed by atoms with Gasteiger partial charge in [-0.05, 0) is 126 Å². The Bertz CT molecular complexity index is 4350. The maximum atomic E-state index is 14.2. The second-order valence-electron chi connectivity index (χ2n) is 26.9. The molecule has 7 rings (SSSR count). The van der Waals surface area contributed by atoms with Crippen molar-refractivity contribution in [1.29, 1.82) is 0 Å². The summed E-state index contributed by atoms with van der Waals surface area (Å²) in [5.74, 6) is -6.59. The highest BCUT2D eigenvalue weighted by Gasteiger charge is 2.34. The zero-order valence-corrected chi connectivity index (χ0v) is 64.0. The van der Waals surface area contributed by atoms with E-state index in [1.54, 1.807) is 20.8 Å². The van der Waals surface area contributed by atoms with Gasteiger partial charge in [0.15, 0.2) is 0 Å². The number of amides is 1. The van der Waals surface area contributed by atoms with E-state index < -0.39 is 71.3 Å². The van der Waals surface area contributed by atoms with E-state index >= 15 is 0 Å². The van der Waals surface area contributed by atoms with Gasteiger partial charge in [0.1, 0.15) is 11.3 Å². The van der Waals surface area contributed by atoms with Gasteiger partial charge < -0.3 is 92.1 Å². The number of methoxy groups -OCH3 is 11. The van der Waals surface area contributed by atoms with Gasteiger partial charge in [-0.3, -0.25) is 52.7 Å². The van der Waals surface area contributed by atoms with E-state index in [0.29, 0.717) is 124 Å². The van der Waals surface area contributed by atoms with E-state index in [0.717, 1.165) is 11.3 Å². The Hall–Kier alpha value is -11.1. The second kappa shape index (κ2) is 38.9. The van der Waals surface area contributed by atoms with Crippen LogP contribution in [0.5, 0.6) is 0 Å². The van der Waals surface area contributed by atoms with Crippen LogP contribution in [-0.2, 0) is 225 Å². The van der Waals surface area contributed by atoms with E-state index in [1.165, 1.54) is 78.2 Å². The monoisotopic (exact) mass is 1510 g/mol. The Labute approximate surface area is 624 Å². The van der Waals surface area contributed by atoms with Crippen molar-refractivity contribution in [2.24, 2.45) is 0 Å². The number of carbonyl (C=O) groups is 12. The van der Waals surface area contributed by atoms with Crippen LogP contribution in [0.25, 0.3) is 0 Å². The van der Waals surface area contributed by atoms with Gasteiger partial charge in [-0.2, -0.15) is 0 Å². The molecule has 0 atom stereocenters. The second-order valence-corrected chi connectivity index (χ2v) is 26.9. The lowest BCUT2D eigenvalue weighted by Gasteiger charge is -2.19. The van der Waals surface area contributed by atoms with Gasteiger partial charge in [0.25, 0.3) is 0 Å². The van der Waals surface area contributed by atoms with Crippen LogP contribution >= 0.6 is 0 Å². The molecule has 0 spiro atoms. The summed E-state index contributed by atoms with van der Waals surface area (Å²) in [6, 6.07) is 0. The molecule has 586 valence electrons. The van der Waals surface area contributed by atoms with Crippen molar-refractivity contribution < 1.29 is 114 Å². The number of hydrogen-bond acceptors (Lipinski definition) is 24. The van der Waals surface area contributed by atoms with Crippen molar-refractivity contribution in [2.45, 2.75) is 181 Å². The lowest BCUT2D eigenvalue weighted by Crippen LogP contribution is -2.30. The summed E-state index contributed by atoms with van der Waals surface area (Å²) in [5.41, 5.74) is 10.6. The molecule has 1 amide bonds. The maximum absolute atomic E-state index is 14.2. The summed E-state index contributed by atoms with van der Waals surface area (Å²) in [5, 5.41) is 2.86. The van der Waals surface area contributed by atoms with Crippen LogP contribution in [0.4, 0.5) is 0 Å². The predicted molar refractivity (Wildman–Crippen MR) is 384 cm³/mol. The molecule has 31 nitrogen and oxygen atoms in total. The fraction of sp³-hybridized carbons (Fsp3) is 0.506. The van der Waals surface area contributed by atoms with Crippen LogP contribution in [0.1, 0.15) is 199 Å². The molecule has 0 fully saturated rings. The van der Waals surface area contributed by atoms with Crippen LogP contribution < -0.4 is 5.32 Å². The van der Waals surface area contributed by atoms with Crippen LogP contribution in [0.3, 0.4) is 0 Å². The molecule has 0 saturated carbocycles. The number of ether oxygens (including phenoxy) is 12. The molecule has 1 aliphatic rings. The van der Waals surface area contributed by atoms with Gasteiger partial charge >= 0.3 is 65.7 Å². The Morgan fingerprint density at radius 2 is 0.583 bits per heavy atom. The van der Waals surface area contributed by atoms with Gasteiger partial charge in [0.2, 0.25) is 5.91 Å². The SMILES string of the molecule is C=C(Cc1c(Cc2[nH]c(Cc3[nH]c(Cc4[nH]c(Cc5[nH]c(Cc6[nH]c7c(c6CCC(=O)OC)CC(=O)NC7)c(CC(=O)OC)c5CCC(=O)OC)c(CCC(=O)OC)c4CC(=O)OC)c(CC(=O)OC)c3CCC(=O)OC)c(CC(=O)OC)c2CCC(=O)OC)[nH]c(C(=O)OC(C)(C)C)c1CCC(=O)OC)OC. The van der Waals surface area contributed by atoms with Crippen molar-refractivity contribution in [3.63, 3.8) is 0 Å². The first-order valence-electron chi connectivity index (χ1n) is 35.2. The molecule has 0 aromatic carbocycles. The number of fused-ring (bicyclic) bond motifs is 1. The molecule has 7 heterocycles. The first kappa shape index (κ1) is 84.1. The lowest BCUT2D eigenvalue weighted by molar-refractivity contribution is -0.141. The van der Waals surface area contributed by atoms with E-state index in [2.05, 4.69) is 41.8 Å². The van der Waals surface area contributed by atoms with Crippen LogP contribution in [0.2, 0.25) is 0 Å². The minimum atomic E-state index is -0.950. The van der Waals surface area contributed by atoms with Crippen molar-refractivity contribution in [3.05, 3.63) is 147 Å². The number of allylic oxidation sites excluding steroid dienone is 1. The molecular formula is C77H99N7O24. The first-order valence-corrected chi connectivity index (χ1v) is 35.2. The summed E-state index contributed by atoms with van der Waals surface area (Å²) in [6.45, 7) is 9.41. The quantitative estimate of drug-likeness (QED) is 0.0133. The predicted octanol–water partition coefficient (Wildman–Crippen LogP) is 5.94. The highest BCUT2D eigenvalue weighted by molar-refractivity contribution is 5.91. The topological polar surface area (TPSA) is 422 Å². The normalized spacial score (nSPS) is 11.8. The molecule has 0 aliphatic carbocycles. The highest BCUT2D eigenvalue weighted by atomic mass is 16.6. The van der Waals surface area contributed by atoms with Crippen LogP contribution in [-0.4, -0.2) is 185 Å². The maximum Gasteiger partial charge on any atom is 0.355 e. The average molecular weight is 1510 g/mol. The fourth-order valence-corrected chi connectivity index (χ4v) is 13.8. The number of esters is 11. The molecule has 0 radical (unpaired) electrons. The number of carbonyl (C=O) groups excluding carboxylic acids is 12. The third-order valence-electron chi connectivity index (χ3n) is 19.1. The summed E-state index contributed by atoms with van der Waals surface area (Å²) in [6.07, 6.45) is -2.00. The number of hydrogen-bond donors (Lipinski definition) is 7. The minimum absolute atomic E-state index is 0.00705. The molecule has 31 heteroatoms. The molecule has 1 aliphatic heterocycles. The Morgan fingerprint density at radius 1 is 0.324 bits per heavy atom. The fourth-order valence-electron chi connectivity index (χ4n) is 13.8. The van der Waals surface area contributed by atoms with Gasteiger partial charge in [-0.1, -0.05) is 6.58 Å². The Morgan fingerprint density at radius 3 is 0.870 bits per heavy atom. The minimum Gasteiger partial charge on any atom is -0.501 e. The smallest absolute Gasteiger partial charge is 0.355 e. The van der Waals surface area contributed by atoms with Crippen molar-refractivity contribution >= 4 is 71.6 Å². The molecule has 0 unspecified atom stereocenters. The number of aromatic nitrogens is 6. The Balaban J connectivity index is 1.50. The standard InChI is InChI=1S/C77H99N7O24/c1-40(97-5)28-47-46(21-27-70(91)103-11)75(76(96)108-77(2,3)4)84-62(47)37-56-45(20-26-69(90)102-10)50(31-72(93)105-13)58(82-56)35-55-44(19-25-68(89)101-9)52(33-74(95)107-15)61(81-55)38-60-51(32-73(94)106-14)43(18-24-67(88)100-8)54(80-60)34-53-42(17-23-66(87)99-7)49(30-71(92)104-12)59(79-53)36-57-41(16-22-65(86)98-6)48-29-64(85)78-39-63(48)83-57/h79-84H,1,16-39H2,2-15H3,(H,78,85). The summed E-state index contributed by atoms with van der Waals surface area (Å²) >= 11 is 0. The summed E-state index contributed by atoms with van der Waals surface area (Å²) in [4.78, 5) is 182. The number of H-pyrrole nitrogens is 6. The van der Waals surface area contributed by atoms with Crippen molar-refractivity contribution in [1.82, 2.24) is 35.2 Å². The highest BCUT2D eigenvalue weighted by Crippen LogP contribution is 2.37. The largest absolute Gasteiger partial charge is 0.501 e. The number of rotatable bonds is 40. The van der Waals surface area contributed by atoms with E-state index in [9.17, 15) is 57.5 Å². The third-order valence-corrected chi connectivity index (χ3v) is 19.1. The van der Waals surface area contributed by atoms with Crippen LogP contribution in [0, 0.1) is 0 Å². The van der Waals surface area contributed by atoms with Crippen molar-refractivity contribution in [3.8, 4) is 0 Å². The Kier molecular flexibility index (Phi) is 30.3. The summed E-state index contributed by atoms with van der Waals surface area (Å²) < 4.78 is 63.3. The average Bonchev–Trinajstić information content (AvgIpc) is 1.62.